The van der Waals surface area contributed by atoms with Crippen LogP contribution in [-0.2, 0) is 29.1 Å². The zero-order chi connectivity index (χ0) is 10.9. The minimum absolute atomic E-state index is 0. The molecule has 0 aliphatic rings. The van der Waals surface area contributed by atoms with E-state index in [2.05, 4.69) is 0 Å². The van der Waals surface area contributed by atoms with Crippen molar-refractivity contribution in [2.75, 3.05) is 0 Å². The van der Waals surface area contributed by atoms with Crippen molar-refractivity contribution in [3.8, 4) is 0 Å². The van der Waals surface area contributed by atoms with Gasteiger partial charge in [-0.3, -0.25) is 0 Å². The van der Waals surface area contributed by atoms with Gasteiger partial charge < -0.3 is 10.2 Å². The fourth-order valence-electron chi connectivity index (χ4n) is 0.266. The smallest absolute Gasteiger partial charge is 0.330 e. The van der Waals surface area contributed by atoms with Gasteiger partial charge in [-0.1, -0.05) is 12.2 Å². The van der Waals surface area contributed by atoms with Gasteiger partial charge in [0.2, 0.25) is 0 Å². The average Bonchev–Trinajstić information content (AvgIpc) is 2.03. The minimum atomic E-state index is -0.891. The van der Waals surface area contributed by atoms with Crippen molar-refractivity contribution in [1.29, 1.82) is 0 Å². The van der Waals surface area contributed by atoms with Crippen molar-refractivity contribution in [3.05, 3.63) is 23.8 Å². The zero-order valence-corrected chi connectivity index (χ0v) is 11.6. The molecular weight excluding hydrogens is 237 g/mol. The molecule has 0 unspecified atom stereocenters. The van der Waals surface area contributed by atoms with E-state index >= 15 is 0 Å². The molecule has 2 N–H and O–H groups in total. The molecule has 0 radical (unpaired) electrons. The zero-order valence-electron chi connectivity index (χ0n) is 8.65. The van der Waals surface area contributed by atoms with Gasteiger partial charge in [-0.2, -0.15) is 0 Å². The van der Waals surface area contributed by atoms with Crippen molar-refractivity contribution in [1.82, 2.24) is 0 Å². The summed E-state index contributed by atoms with van der Waals surface area (Å²) in [5.41, 5.74) is 0.389. The molecule has 0 atom stereocenters. The Balaban J connectivity index is -0.000000163. The molecule has 0 amide bonds. The first-order chi connectivity index (χ1) is 5.95. The summed E-state index contributed by atoms with van der Waals surface area (Å²) in [4.78, 5) is 19.4. The van der Waals surface area contributed by atoms with Gasteiger partial charge in [0, 0.05) is 31.1 Å². The summed E-state index contributed by atoms with van der Waals surface area (Å²) >= 11 is 0. The third-order valence-corrected chi connectivity index (χ3v) is 1.08. The van der Waals surface area contributed by atoms with Gasteiger partial charge in [0.1, 0.15) is 0 Å². The van der Waals surface area contributed by atoms with Gasteiger partial charge in [-0.15, -0.1) is 0 Å². The number of hydrogen-bond acceptors (Lipinski definition) is 2. The van der Waals surface area contributed by atoms with Gasteiger partial charge in [0.25, 0.3) is 0 Å². The summed E-state index contributed by atoms with van der Waals surface area (Å²) < 4.78 is 0. The van der Waals surface area contributed by atoms with Crippen molar-refractivity contribution in [2.24, 2.45) is 0 Å². The number of carbonyl (C=O) groups is 2. The van der Waals surface area contributed by atoms with Crippen LogP contribution in [0.2, 0.25) is 0 Å². The van der Waals surface area contributed by atoms with Crippen LogP contribution < -0.4 is 0 Å². The molecule has 0 bridgehead atoms. The summed E-state index contributed by atoms with van der Waals surface area (Å²) in [5, 5.41) is 15.9. The molecule has 0 saturated heterocycles. The predicted molar refractivity (Wildman–Crippen MR) is 49.5 cm³/mol. The fourth-order valence-corrected chi connectivity index (χ4v) is 0.266. The van der Waals surface area contributed by atoms with E-state index in [1.165, 1.54) is 6.08 Å². The summed E-state index contributed by atoms with van der Waals surface area (Å²) in [6.07, 6.45) is 4.12. The molecule has 0 aromatic carbocycles. The van der Waals surface area contributed by atoms with Gasteiger partial charge >= 0.3 is 11.9 Å². The van der Waals surface area contributed by atoms with Crippen LogP contribution in [0.25, 0.3) is 0 Å². The first-order valence-corrected chi connectivity index (χ1v) is 3.67. The number of rotatable bonds is 2. The molecule has 0 aromatic rings. The van der Waals surface area contributed by atoms with Crippen LogP contribution in [0, 0.1) is 0 Å². The predicted octanol–water partition coefficient (Wildman–Crippen LogP) is 1.68. The Kier molecular flexibility index (Phi) is 16.1. The number of carboxylic acid groups (broad SMARTS) is 2. The molecule has 0 fully saturated rings. The second kappa shape index (κ2) is 12.0. The first kappa shape index (κ1) is 18.8. The van der Waals surface area contributed by atoms with Gasteiger partial charge in [0.05, 0.1) is 0 Å². The topological polar surface area (TPSA) is 74.6 Å². The summed E-state index contributed by atoms with van der Waals surface area (Å²) in [7, 11) is 0. The van der Waals surface area contributed by atoms with Crippen LogP contribution in [0.1, 0.15) is 20.8 Å². The number of carboxylic acids is 2. The van der Waals surface area contributed by atoms with E-state index in [-0.39, 0.29) is 19.5 Å². The van der Waals surface area contributed by atoms with E-state index in [9.17, 15) is 9.59 Å². The molecule has 76 valence electrons. The van der Waals surface area contributed by atoms with Gasteiger partial charge in [-0.25, -0.2) is 9.59 Å². The van der Waals surface area contributed by atoms with E-state index in [0.717, 1.165) is 6.08 Å². The Bertz CT molecular complexity index is 231. The molecular formula is C9H14O4Zn. The normalized spacial score (nSPS) is 9.79. The van der Waals surface area contributed by atoms with Crippen LogP contribution in [-0.4, -0.2) is 22.2 Å². The van der Waals surface area contributed by atoms with E-state index in [1.807, 2.05) is 0 Å². The fraction of sp³-hybridized carbons (Fsp3) is 0.333. The van der Waals surface area contributed by atoms with E-state index < -0.39 is 11.9 Å². The maximum atomic E-state index is 9.86. The maximum Gasteiger partial charge on any atom is 0.330 e. The first-order valence-electron chi connectivity index (χ1n) is 3.67. The summed E-state index contributed by atoms with van der Waals surface area (Å²) in [6, 6.07) is 0. The van der Waals surface area contributed by atoms with Crippen LogP contribution in [0.5, 0.6) is 0 Å². The second-order valence-electron chi connectivity index (χ2n) is 2.12. The van der Waals surface area contributed by atoms with Crippen LogP contribution in [0.4, 0.5) is 0 Å². The van der Waals surface area contributed by atoms with E-state index in [1.54, 1.807) is 26.8 Å². The molecule has 0 saturated carbocycles. The molecule has 14 heavy (non-hydrogen) atoms. The number of allylic oxidation sites excluding steroid dienone is 2. The molecule has 0 aliphatic heterocycles. The summed E-state index contributed by atoms with van der Waals surface area (Å²) in [6.45, 7) is 4.92. The minimum Gasteiger partial charge on any atom is -0.478 e. The molecule has 5 heteroatoms. The van der Waals surface area contributed by atoms with Crippen LogP contribution in [0.15, 0.2) is 23.8 Å². The molecule has 0 rings (SSSR count). The average molecular weight is 252 g/mol. The van der Waals surface area contributed by atoms with Crippen LogP contribution in [0.3, 0.4) is 0 Å². The van der Waals surface area contributed by atoms with Crippen molar-refractivity contribution < 1.29 is 39.3 Å². The summed E-state index contributed by atoms with van der Waals surface area (Å²) in [5.74, 6) is -1.74. The monoisotopic (exact) mass is 250 g/mol. The second-order valence-corrected chi connectivity index (χ2v) is 2.12. The molecule has 0 heterocycles. The van der Waals surface area contributed by atoms with Gasteiger partial charge in [-0.05, 0) is 20.8 Å². The number of aliphatic carboxylic acids is 2. The van der Waals surface area contributed by atoms with Crippen molar-refractivity contribution >= 4 is 11.9 Å². The van der Waals surface area contributed by atoms with E-state index in [0.29, 0.717) is 5.57 Å². The Labute approximate surface area is 96.1 Å². The van der Waals surface area contributed by atoms with Gasteiger partial charge in [0.15, 0.2) is 0 Å². The largest absolute Gasteiger partial charge is 0.478 e. The quantitative estimate of drug-likeness (QED) is 0.578. The third kappa shape index (κ3) is 17.2. The third-order valence-electron chi connectivity index (χ3n) is 1.08. The van der Waals surface area contributed by atoms with Crippen LogP contribution >= 0.6 is 0 Å². The Morgan fingerprint density at radius 1 is 1.14 bits per heavy atom. The number of hydrogen-bond donors (Lipinski definition) is 2. The molecule has 4 nitrogen and oxygen atoms in total. The SMILES string of the molecule is C/C=C(\C)C(=O)O.C/C=C/C(=O)O.[Zn]. The molecule has 0 aromatic heterocycles. The molecule has 0 aliphatic carbocycles. The standard InChI is InChI=1S/C5H8O2.C4H6O2.Zn/c1-3-4(2)5(6)7;1-2-3-4(5)6;/h3H,1-2H3,(H,6,7);2-3H,1H3,(H,5,6);/b4-3+;3-2+;. The Hall–Kier alpha value is -0.957. The van der Waals surface area contributed by atoms with Crippen molar-refractivity contribution in [3.63, 3.8) is 0 Å². The van der Waals surface area contributed by atoms with E-state index in [4.69, 9.17) is 10.2 Å². The van der Waals surface area contributed by atoms with Crippen molar-refractivity contribution in [2.45, 2.75) is 20.8 Å². The Morgan fingerprint density at radius 3 is 1.57 bits per heavy atom. The molecule has 0 spiro atoms. The Morgan fingerprint density at radius 2 is 1.57 bits per heavy atom. The maximum absolute atomic E-state index is 9.86.